The number of H-pyrrole nitrogens is 2. The molecule has 9 rings (SSSR count). The van der Waals surface area contributed by atoms with Crippen LogP contribution in [0.1, 0.15) is 55.8 Å². The summed E-state index contributed by atoms with van der Waals surface area (Å²) >= 11 is 1.72. The molecule has 6 atom stereocenters. The molecule has 5 heterocycles. The third-order valence-electron chi connectivity index (χ3n) is 12.0. The lowest BCUT2D eigenvalue weighted by Gasteiger charge is -2.36. The fourth-order valence-corrected chi connectivity index (χ4v) is 10.4. The van der Waals surface area contributed by atoms with Gasteiger partial charge in [-0.2, -0.15) is 0 Å². The number of imidazole rings is 2. The number of benzene rings is 3. The zero-order chi connectivity index (χ0) is 40.9. The largest absolute Gasteiger partial charge is 0.453 e. The summed E-state index contributed by atoms with van der Waals surface area (Å²) < 4.78 is 11.7. The minimum absolute atomic E-state index is 0.0800. The molecule has 3 aliphatic rings. The molecule has 300 valence electrons. The average Bonchev–Trinajstić information content (AvgIpc) is 4.12. The van der Waals surface area contributed by atoms with Crippen LogP contribution in [0.3, 0.4) is 0 Å². The fourth-order valence-electron chi connectivity index (χ4n) is 9.18. The lowest BCUT2D eigenvalue weighted by Crippen LogP contribution is -2.51. The first-order chi connectivity index (χ1) is 28.7. The van der Waals surface area contributed by atoms with Crippen LogP contribution in [0.15, 0.2) is 73.4 Å². The summed E-state index contributed by atoms with van der Waals surface area (Å²) in [5.74, 6) is 3.47. The van der Waals surface area contributed by atoms with Crippen LogP contribution in [0, 0.1) is 18.3 Å². The highest BCUT2D eigenvalue weighted by molar-refractivity contribution is 7.25. The van der Waals surface area contributed by atoms with Gasteiger partial charge >= 0.3 is 12.2 Å². The first kappa shape index (κ1) is 37.9. The standard InChI is InChI=1S/C44H42N8O6S/c1-5-30(49-43(55)57-3)41(53)51-17-7-8-35(51)39-45-22-34(48-39)25-11-15-29-28-14-10-24(20-36(28)59-37(29)21-25)23-12-16-32-33(19-23)47-40(46-32)38-26-9-13-27(18-26)52(38)42(54)31(6-2)50-44(56)58-4/h1,6,10-12,14-16,19-22,26-27,30-31,35,38H,2,7-9,13,17-18H2,3-4H3,(H,45,48)(H,46,47)(H,49,55)(H,50,56)/t26-,27+,30-,31-,35-,38-/m0/s1. The van der Waals surface area contributed by atoms with E-state index in [2.05, 4.69) is 91.4 Å². The normalized spacial score (nSPS) is 20.8. The van der Waals surface area contributed by atoms with Crippen LogP contribution in [0.2, 0.25) is 0 Å². The number of rotatable bonds is 9. The molecule has 2 aliphatic heterocycles. The van der Waals surface area contributed by atoms with Crippen LogP contribution in [0.5, 0.6) is 0 Å². The summed E-state index contributed by atoms with van der Waals surface area (Å²) in [4.78, 5) is 71.0. The summed E-state index contributed by atoms with van der Waals surface area (Å²) in [6, 6.07) is 16.6. The number of piperidine rings is 1. The molecule has 4 N–H and O–H groups in total. The summed E-state index contributed by atoms with van der Waals surface area (Å²) in [7, 11) is 2.49. The molecule has 14 nitrogen and oxygen atoms in total. The fraction of sp³-hybridized carbons (Fsp3) is 0.318. The molecule has 3 fully saturated rings. The Labute approximate surface area is 343 Å². The van der Waals surface area contributed by atoms with Crippen LogP contribution in [0.4, 0.5) is 9.59 Å². The van der Waals surface area contributed by atoms with Gasteiger partial charge in [0.1, 0.15) is 17.7 Å². The number of ether oxygens (including phenoxy) is 2. The lowest BCUT2D eigenvalue weighted by molar-refractivity contribution is -0.137. The maximum atomic E-state index is 13.8. The van der Waals surface area contributed by atoms with E-state index in [0.29, 0.717) is 12.4 Å². The van der Waals surface area contributed by atoms with Crippen molar-refractivity contribution in [2.24, 2.45) is 5.92 Å². The minimum Gasteiger partial charge on any atom is -0.453 e. The molecule has 6 aromatic rings. The van der Waals surface area contributed by atoms with E-state index in [9.17, 15) is 19.2 Å². The van der Waals surface area contributed by atoms with Crippen molar-refractivity contribution < 1.29 is 28.7 Å². The Morgan fingerprint density at radius 1 is 0.915 bits per heavy atom. The van der Waals surface area contributed by atoms with Gasteiger partial charge < -0.3 is 34.6 Å². The summed E-state index contributed by atoms with van der Waals surface area (Å²) in [5.41, 5.74) is 5.64. The monoisotopic (exact) mass is 810 g/mol. The third kappa shape index (κ3) is 6.72. The average molecular weight is 811 g/mol. The van der Waals surface area contributed by atoms with Crippen LogP contribution >= 0.6 is 11.3 Å². The number of likely N-dealkylation sites (tertiary alicyclic amines) is 2. The van der Waals surface area contributed by atoms with E-state index in [4.69, 9.17) is 16.1 Å². The maximum absolute atomic E-state index is 13.8. The van der Waals surface area contributed by atoms with Gasteiger partial charge in [0.05, 0.1) is 49.2 Å². The van der Waals surface area contributed by atoms with E-state index >= 15 is 0 Å². The third-order valence-corrected chi connectivity index (χ3v) is 13.1. The molecule has 1 aliphatic carbocycles. The molecule has 15 heteroatoms. The van der Waals surface area contributed by atoms with Crippen LogP contribution < -0.4 is 10.6 Å². The highest BCUT2D eigenvalue weighted by Crippen LogP contribution is 2.50. The molecule has 2 bridgehead atoms. The van der Waals surface area contributed by atoms with Gasteiger partial charge in [0, 0.05) is 38.3 Å². The number of amides is 4. The van der Waals surface area contributed by atoms with Gasteiger partial charge in [-0.1, -0.05) is 42.3 Å². The highest BCUT2D eigenvalue weighted by Gasteiger charge is 2.51. The van der Waals surface area contributed by atoms with Gasteiger partial charge in [0.25, 0.3) is 5.91 Å². The van der Waals surface area contributed by atoms with Crippen molar-refractivity contribution in [3.05, 3.63) is 85.1 Å². The summed E-state index contributed by atoms with van der Waals surface area (Å²) in [5, 5.41) is 7.35. The van der Waals surface area contributed by atoms with Crippen molar-refractivity contribution in [2.75, 3.05) is 20.8 Å². The van der Waals surface area contributed by atoms with E-state index in [0.717, 1.165) is 86.1 Å². The smallest absolute Gasteiger partial charge is 0.408 e. The molecule has 4 amide bonds. The first-order valence-corrected chi connectivity index (χ1v) is 20.4. The number of thiophene rings is 1. The number of carbonyl (C=O) groups excluding carboxylic acids is 4. The number of nitrogens with one attached hydrogen (secondary N) is 4. The molecular weight excluding hydrogens is 769 g/mol. The number of hydrogen-bond donors (Lipinski definition) is 4. The Hall–Kier alpha value is -6.66. The topological polar surface area (TPSA) is 175 Å². The van der Waals surface area contributed by atoms with Crippen molar-refractivity contribution >= 4 is 66.5 Å². The zero-order valence-corrected chi connectivity index (χ0v) is 33.3. The minimum atomic E-state index is -1.13. The predicted octanol–water partition coefficient (Wildman–Crippen LogP) is 6.97. The molecular formula is C44H42N8O6S. The molecule has 3 aromatic carbocycles. The summed E-state index contributed by atoms with van der Waals surface area (Å²) in [6.45, 7) is 4.29. The van der Waals surface area contributed by atoms with Crippen molar-refractivity contribution in [3.8, 4) is 34.7 Å². The number of alkyl carbamates (subject to hydrolysis) is 2. The number of aromatic nitrogens is 4. The van der Waals surface area contributed by atoms with E-state index in [1.165, 1.54) is 25.7 Å². The van der Waals surface area contributed by atoms with Gasteiger partial charge in [0.2, 0.25) is 5.91 Å². The number of hydrogen-bond acceptors (Lipinski definition) is 9. The Bertz CT molecular complexity index is 2710. The number of aromatic amines is 2. The molecule has 3 aromatic heterocycles. The van der Waals surface area contributed by atoms with Gasteiger partial charge in [0.15, 0.2) is 6.04 Å². The zero-order valence-electron chi connectivity index (χ0n) is 32.5. The summed E-state index contributed by atoms with van der Waals surface area (Å²) in [6.07, 6.45) is 11.7. The van der Waals surface area contributed by atoms with Crippen LogP contribution in [0.25, 0.3) is 53.6 Å². The van der Waals surface area contributed by atoms with Gasteiger partial charge in [-0.3, -0.25) is 14.9 Å². The highest BCUT2D eigenvalue weighted by atomic mass is 32.1. The van der Waals surface area contributed by atoms with Crippen molar-refractivity contribution in [3.63, 3.8) is 0 Å². The first-order valence-electron chi connectivity index (χ1n) is 19.6. The second-order valence-electron chi connectivity index (χ2n) is 15.3. The number of carbonyl (C=O) groups is 4. The van der Waals surface area contributed by atoms with Crippen molar-refractivity contribution in [1.29, 1.82) is 0 Å². The number of nitrogens with zero attached hydrogens (tertiary/aromatic N) is 4. The quantitative estimate of drug-likeness (QED) is 0.0895. The number of terminal acetylenes is 1. The molecule has 59 heavy (non-hydrogen) atoms. The van der Waals surface area contributed by atoms with Crippen LogP contribution in [-0.2, 0) is 19.1 Å². The molecule has 0 radical (unpaired) electrons. The SMILES string of the molecule is C#C[C@H](NC(=O)OC)C(=O)N1CCC[C@H]1c1ncc(-c2ccc3c(c2)sc2cc(-c4ccc5nc([C@@H]6[C@H]7CC[C@H](C7)N6C(=O)[C@H](C=C)NC(=O)OC)[nH]c5c4)ccc23)[nH]1. The van der Waals surface area contributed by atoms with Gasteiger partial charge in [-0.15, -0.1) is 24.3 Å². The van der Waals surface area contributed by atoms with E-state index < -0.39 is 24.3 Å². The predicted molar refractivity (Wildman–Crippen MR) is 224 cm³/mol. The van der Waals surface area contributed by atoms with Crippen molar-refractivity contribution in [1.82, 2.24) is 40.4 Å². The van der Waals surface area contributed by atoms with E-state index in [1.807, 2.05) is 11.0 Å². The molecule has 0 unspecified atom stereocenters. The Balaban J connectivity index is 0.951. The number of methoxy groups -OCH3 is 2. The molecule has 2 saturated heterocycles. The molecule has 0 spiro atoms. The van der Waals surface area contributed by atoms with Gasteiger partial charge in [-0.25, -0.2) is 19.6 Å². The Morgan fingerprint density at radius 3 is 2.37 bits per heavy atom. The second-order valence-corrected chi connectivity index (χ2v) is 16.3. The number of fused-ring (bicyclic) bond motifs is 6. The Kier molecular flexibility index (Phi) is 9.80. The van der Waals surface area contributed by atoms with Crippen LogP contribution in [-0.4, -0.2) is 92.6 Å². The van der Waals surface area contributed by atoms with Crippen molar-refractivity contribution in [2.45, 2.75) is 62.3 Å². The lowest BCUT2D eigenvalue weighted by atomic mass is 9.97. The van der Waals surface area contributed by atoms with Gasteiger partial charge in [-0.05, 0) is 73.4 Å². The van der Waals surface area contributed by atoms with E-state index in [-0.39, 0.29) is 35.9 Å². The molecule has 1 saturated carbocycles. The second kappa shape index (κ2) is 15.3. The van der Waals surface area contributed by atoms with E-state index in [1.54, 1.807) is 22.4 Å². The maximum Gasteiger partial charge on any atom is 0.408 e. The Morgan fingerprint density at radius 2 is 1.63 bits per heavy atom.